The number of hydrogen-bond donors (Lipinski definition) is 1. The molecule has 0 radical (unpaired) electrons. The van der Waals surface area contributed by atoms with Crippen molar-refractivity contribution in [3.63, 3.8) is 0 Å². The van der Waals surface area contributed by atoms with E-state index in [1.807, 2.05) is 74.5 Å². The van der Waals surface area contributed by atoms with E-state index in [4.69, 9.17) is 9.72 Å². The van der Waals surface area contributed by atoms with Crippen molar-refractivity contribution in [1.82, 2.24) is 9.97 Å². The van der Waals surface area contributed by atoms with Crippen LogP contribution < -0.4 is 15.0 Å². The molecule has 2 aromatic carbocycles. The Labute approximate surface area is 207 Å². The molecule has 8 heteroatoms. The fraction of sp³-hybridized carbons (Fsp3) is 0.185. The quantitative estimate of drug-likeness (QED) is 0.419. The van der Waals surface area contributed by atoms with Gasteiger partial charge in [-0.25, -0.2) is 4.98 Å². The van der Waals surface area contributed by atoms with Crippen molar-refractivity contribution in [3.8, 4) is 27.7 Å². The van der Waals surface area contributed by atoms with Gasteiger partial charge in [0.05, 0.1) is 17.1 Å². The van der Waals surface area contributed by atoms with E-state index in [0.717, 1.165) is 32.4 Å². The van der Waals surface area contributed by atoms with Crippen LogP contribution in [-0.4, -0.2) is 34.4 Å². The Balaban J connectivity index is 1.46. The van der Waals surface area contributed by atoms with Crippen LogP contribution in [0.2, 0.25) is 0 Å². The van der Waals surface area contributed by atoms with Crippen LogP contribution in [0.5, 0.6) is 5.75 Å². The summed E-state index contributed by atoms with van der Waals surface area (Å²) in [5.74, 6) is 0.0111. The molecule has 0 bridgehead atoms. The number of ether oxygens (including phenoxy) is 1. The highest BCUT2D eigenvalue weighted by molar-refractivity contribution is 7.15. The highest BCUT2D eigenvalue weighted by atomic mass is 32.1. The summed E-state index contributed by atoms with van der Waals surface area (Å²) < 4.78 is 5.83. The third-order valence-corrected chi connectivity index (χ3v) is 6.72. The Hall–Kier alpha value is -4.04. The number of rotatable bonds is 5. The molecule has 2 amide bonds. The SMILES string of the molecule is Cc1cccc(NC(=O)CN2C(=O)C(C)Oc3ccc(-c4nc(-c5ccccn5)sc4C)cc32)c1. The maximum atomic E-state index is 13.0. The molecule has 0 saturated carbocycles. The molecule has 2 aromatic heterocycles. The molecule has 1 unspecified atom stereocenters. The molecule has 0 saturated heterocycles. The van der Waals surface area contributed by atoms with Crippen LogP contribution in [0.15, 0.2) is 66.9 Å². The Morgan fingerprint density at radius 3 is 2.74 bits per heavy atom. The highest BCUT2D eigenvalue weighted by Gasteiger charge is 2.33. The van der Waals surface area contributed by atoms with Gasteiger partial charge in [0, 0.05) is 22.3 Å². The number of nitrogens with one attached hydrogen (secondary N) is 1. The smallest absolute Gasteiger partial charge is 0.268 e. The summed E-state index contributed by atoms with van der Waals surface area (Å²) in [6.07, 6.45) is 1.06. The van der Waals surface area contributed by atoms with E-state index in [2.05, 4.69) is 10.3 Å². The van der Waals surface area contributed by atoms with Crippen molar-refractivity contribution in [2.45, 2.75) is 26.9 Å². The summed E-state index contributed by atoms with van der Waals surface area (Å²) >= 11 is 1.56. The molecule has 5 rings (SSSR count). The molecule has 0 spiro atoms. The van der Waals surface area contributed by atoms with Gasteiger partial charge in [-0.15, -0.1) is 11.3 Å². The second kappa shape index (κ2) is 9.31. The van der Waals surface area contributed by atoms with Gasteiger partial charge in [0.2, 0.25) is 5.91 Å². The maximum Gasteiger partial charge on any atom is 0.268 e. The summed E-state index contributed by atoms with van der Waals surface area (Å²) in [6, 6.07) is 18.9. The number of pyridine rings is 1. The van der Waals surface area contributed by atoms with Crippen molar-refractivity contribution in [2.75, 3.05) is 16.8 Å². The van der Waals surface area contributed by atoms with Gasteiger partial charge in [-0.1, -0.05) is 18.2 Å². The number of nitrogens with zero attached hydrogens (tertiary/aromatic N) is 3. The van der Waals surface area contributed by atoms with Gasteiger partial charge in [0.1, 0.15) is 17.3 Å². The Morgan fingerprint density at radius 2 is 1.97 bits per heavy atom. The predicted octanol–water partition coefficient (Wildman–Crippen LogP) is 5.24. The van der Waals surface area contributed by atoms with Crippen molar-refractivity contribution >= 4 is 34.5 Å². The third-order valence-electron chi connectivity index (χ3n) is 5.72. The number of anilines is 2. The number of aromatic nitrogens is 2. The average Bonchev–Trinajstić information content (AvgIpc) is 3.24. The van der Waals surface area contributed by atoms with Gasteiger partial charge in [0.15, 0.2) is 6.10 Å². The zero-order chi connectivity index (χ0) is 24.5. The minimum absolute atomic E-state index is 0.119. The number of carbonyl (C=O) groups excluding carboxylic acids is 2. The summed E-state index contributed by atoms with van der Waals surface area (Å²) in [5.41, 5.74) is 4.75. The van der Waals surface area contributed by atoms with Crippen LogP contribution in [0.25, 0.3) is 22.0 Å². The Kier molecular flexibility index (Phi) is 6.05. The molecule has 1 aliphatic rings. The molecule has 1 atom stereocenters. The van der Waals surface area contributed by atoms with E-state index in [0.29, 0.717) is 17.1 Å². The fourth-order valence-corrected chi connectivity index (χ4v) is 4.96. The number of hydrogen-bond acceptors (Lipinski definition) is 6. The lowest BCUT2D eigenvalue weighted by Gasteiger charge is -2.33. The largest absolute Gasteiger partial charge is 0.479 e. The van der Waals surface area contributed by atoms with Crippen LogP contribution >= 0.6 is 11.3 Å². The molecule has 4 aromatic rings. The van der Waals surface area contributed by atoms with Gasteiger partial charge in [-0.3, -0.25) is 19.5 Å². The van der Waals surface area contributed by atoms with Gasteiger partial charge >= 0.3 is 0 Å². The molecule has 176 valence electrons. The molecule has 7 nitrogen and oxygen atoms in total. The first-order chi connectivity index (χ1) is 16.9. The third kappa shape index (κ3) is 4.65. The van der Waals surface area contributed by atoms with E-state index in [-0.39, 0.29) is 18.4 Å². The van der Waals surface area contributed by atoms with E-state index < -0.39 is 6.10 Å². The second-order valence-electron chi connectivity index (χ2n) is 8.42. The first-order valence-electron chi connectivity index (χ1n) is 11.3. The van der Waals surface area contributed by atoms with Gasteiger partial charge in [0.25, 0.3) is 5.91 Å². The Morgan fingerprint density at radius 1 is 1.11 bits per heavy atom. The summed E-state index contributed by atoms with van der Waals surface area (Å²) in [7, 11) is 0. The summed E-state index contributed by atoms with van der Waals surface area (Å²) in [5, 5.41) is 3.71. The molecular formula is C27H24N4O3S. The van der Waals surface area contributed by atoms with Crippen molar-refractivity contribution in [3.05, 3.63) is 77.3 Å². The van der Waals surface area contributed by atoms with E-state index >= 15 is 0 Å². The highest BCUT2D eigenvalue weighted by Crippen LogP contribution is 2.40. The second-order valence-corrected chi connectivity index (χ2v) is 9.63. The van der Waals surface area contributed by atoms with Crippen molar-refractivity contribution in [2.24, 2.45) is 0 Å². The fourth-order valence-electron chi connectivity index (χ4n) is 4.05. The maximum absolute atomic E-state index is 13.0. The van der Waals surface area contributed by atoms with Gasteiger partial charge < -0.3 is 10.1 Å². The minimum atomic E-state index is -0.683. The molecular weight excluding hydrogens is 460 g/mol. The topological polar surface area (TPSA) is 84.4 Å². The van der Waals surface area contributed by atoms with Crippen LogP contribution in [0.3, 0.4) is 0 Å². The summed E-state index contributed by atoms with van der Waals surface area (Å²) in [4.78, 5) is 37.6. The van der Waals surface area contributed by atoms with E-state index in [1.54, 1.807) is 24.5 Å². The average molecular weight is 485 g/mol. The molecule has 0 fully saturated rings. The first-order valence-corrected chi connectivity index (χ1v) is 12.1. The van der Waals surface area contributed by atoms with Crippen LogP contribution in [0.1, 0.15) is 17.4 Å². The van der Waals surface area contributed by atoms with Gasteiger partial charge in [-0.05, 0) is 68.8 Å². The van der Waals surface area contributed by atoms with Crippen LogP contribution in [0.4, 0.5) is 11.4 Å². The lowest BCUT2D eigenvalue weighted by atomic mass is 10.1. The number of benzene rings is 2. The monoisotopic (exact) mass is 484 g/mol. The van der Waals surface area contributed by atoms with Crippen LogP contribution in [0, 0.1) is 13.8 Å². The normalized spacial score (nSPS) is 14.9. The van der Waals surface area contributed by atoms with Crippen molar-refractivity contribution < 1.29 is 14.3 Å². The van der Waals surface area contributed by atoms with Crippen LogP contribution in [-0.2, 0) is 9.59 Å². The van der Waals surface area contributed by atoms with Crippen molar-refractivity contribution in [1.29, 1.82) is 0 Å². The van der Waals surface area contributed by atoms with Gasteiger partial charge in [-0.2, -0.15) is 0 Å². The predicted molar refractivity (Wildman–Crippen MR) is 138 cm³/mol. The van der Waals surface area contributed by atoms with E-state index in [1.165, 1.54) is 4.90 Å². The minimum Gasteiger partial charge on any atom is -0.479 e. The lowest BCUT2D eigenvalue weighted by Crippen LogP contribution is -2.47. The molecule has 1 aliphatic heterocycles. The summed E-state index contributed by atoms with van der Waals surface area (Å²) in [6.45, 7) is 5.54. The molecule has 35 heavy (non-hydrogen) atoms. The zero-order valence-electron chi connectivity index (χ0n) is 19.6. The number of amides is 2. The first kappa shape index (κ1) is 22.7. The van der Waals surface area contributed by atoms with E-state index in [9.17, 15) is 9.59 Å². The number of aryl methyl sites for hydroxylation is 2. The number of carbonyl (C=O) groups is 2. The standard InChI is InChI=1S/C27H24N4O3S/c1-16-7-6-8-20(13-16)29-24(32)15-31-22-14-19(10-11-23(22)34-17(2)27(31)33)25-18(3)35-26(30-25)21-9-4-5-12-28-21/h4-14,17H,15H2,1-3H3,(H,29,32). The molecule has 1 N–H and O–H groups in total. The molecule has 0 aliphatic carbocycles. The lowest BCUT2D eigenvalue weighted by molar-refractivity contribution is -0.127. The molecule has 3 heterocycles. The zero-order valence-corrected chi connectivity index (χ0v) is 20.4. The number of fused-ring (bicyclic) bond motifs is 1. The number of thiazole rings is 1. The Bertz CT molecular complexity index is 1420.